The summed E-state index contributed by atoms with van der Waals surface area (Å²) in [4.78, 5) is 25.8. The molecule has 1 unspecified atom stereocenters. The second-order valence-electron chi connectivity index (χ2n) is 6.99. The number of halogens is 1. The van der Waals surface area contributed by atoms with Gasteiger partial charge in [-0.3, -0.25) is 9.59 Å². The lowest BCUT2D eigenvalue weighted by atomic mass is 9.87. The van der Waals surface area contributed by atoms with Gasteiger partial charge in [-0.2, -0.15) is 0 Å². The van der Waals surface area contributed by atoms with Crippen molar-refractivity contribution in [2.24, 2.45) is 0 Å². The van der Waals surface area contributed by atoms with Crippen LogP contribution in [0.25, 0.3) is 0 Å². The molecule has 6 heteroatoms. The van der Waals surface area contributed by atoms with Gasteiger partial charge in [0.25, 0.3) is 0 Å². The average molecular weight is 421 g/mol. The van der Waals surface area contributed by atoms with E-state index in [1.807, 2.05) is 51.1 Å². The molecule has 0 heterocycles. The molecule has 1 atom stereocenters. The molecular weight excluding hydrogens is 396 g/mol. The summed E-state index contributed by atoms with van der Waals surface area (Å²) in [7, 11) is 2.90. The standard InChI is InChI=1S/C22H25ClO4S/c1-14-6-11-18(23)17(12-14)19(21(25)27-5)20(24)22(2,3)28-13-15-7-9-16(26-4)10-8-15/h6-12,19H,13H2,1-5H3. The molecule has 2 rings (SSSR count). The van der Waals surface area contributed by atoms with E-state index < -0.39 is 16.6 Å². The summed E-state index contributed by atoms with van der Waals surface area (Å²) in [6, 6.07) is 13.0. The van der Waals surface area contributed by atoms with Gasteiger partial charge >= 0.3 is 5.97 Å². The van der Waals surface area contributed by atoms with Crippen LogP contribution in [0.2, 0.25) is 5.02 Å². The van der Waals surface area contributed by atoms with Crippen molar-refractivity contribution in [1.82, 2.24) is 0 Å². The molecule has 0 aliphatic rings. The fourth-order valence-corrected chi connectivity index (χ4v) is 3.99. The van der Waals surface area contributed by atoms with Crippen LogP contribution in [0.5, 0.6) is 5.75 Å². The lowest BCUT2D eigenvalue weighted by Gasteiger charge is -2.27. The van der Waals surface area contributed by atoms with Gasteiger partial charge in [-0.1, -0.05) is 41.4 Å². The van der Waals surface area contributed by atoms with Crippen LogP contribution in [-0.2, 0) is 20.1 Å². The molecule has 150 valence electrons. The van der Waals surface area contributed by atoms with E-state index in [2.05, 4.69) is 0 Å². The maximum atomic E-state index is 13.4. The molecule has 0 bridgehead atoms. The highest BCUT2D eigenvalue weighted by Gasteiger charge is 2.40. The molecule has 0 saturated carbocycles. The lowest BCUT2D eigenvalue weighted by molar-refractivity contribution is -0.146. The van der Waals surface area contributed by atoms with E-state index in [9.17, 15) is 9.59 Å². The molecular formula is C22H25ClO4S. The van der Waals surface area contributed by atoms with Crippen molar-refractivity contribution in [1.29, 1.82) is 0 Å². The zero-order valence-corrected chi connectivity index (χ0v) is 18.3. The first-order valence-electron chi connectivity index (χ1n) is 8.84. The Balaban J connectivity index is 2.25. The fourth-order valence-electron chi connectivity index (χ4n) is 2.78. The second-order valence-corrected chi connectivity index (χ2v) is 9.00. The molecule has 28 heavy (non-hydrogen) atoms. The molecule has 0 N–H and O–H groups in total. The summed E-state index contributed by atoms with van der Waals surface area (Å²) in [5.41, 5.74) is 2.47. The van der Waals surface area contributed by atoms with Gasteiger partial charge in [0.2, 0.25) is 0 Å². The molecule has 0 amide bonds. The minimum absolute atomic E-state index is 0.231. The van der Waals surface area contributed by atoms with Crippen LogP contribution in [-0.4, -0.2) is 30.7 Å². The number of Topliss-reactive ketones (excluding diaryl/α,β-unsaturated/α-hetero) is 1. The first-order valence-corrected chi connectivity index (χ1v) is 10.2. The van der Waals surface area contributed by atoms with Crippen LogP contribution in [0, 0.1) is 6.92 Å². The summed E-state index contributed by atoms with van der Waals surface area (Å²) in [6.07, 6.45) is 0. The number of aryl methyl sites for hydroxylation is 1. The fraction of sp³-hybridized carbons (Fsp3) is 0.364. The maximum Gasteiger partial charge on any atom is 0.320 e. The smallest absolute Gasteiger partial charge is 0.320 e. The Kier molecular flexibility index (Phi) is 7.55. The van der Waals surface area contributed by atoms with E-state index >= 15 is 0 Å². The molecule has 0 aromatic heterocycles. The van der Waals surface area contributed by atoms with Crippen molar-refractivity contribution in [3.63, 3.8) is 0 Å². The number of ketones is 1. The van der Waals surface area contributed by atoms with Gasteiger partial charge in [0.1, 0.15) is 11.7 Å². The van der Waals surface area contributed by atoms with E-state index in [1.165, 1.54) is 18.9 Å². The van der Waals surface area contributed by atoms with Crippen molar-refractivity contribution in [2.75, 3.05) is 14.2 Å². The summed E-state index contributed by atoms with van der Waals surface area (Å²) in [6.45, 7) is 5.54. The van der Waals surface area contributed by atoms with Gasteiger partial charge in [0.15, 0.2) is 5.78 Å². The normalized spacial score (nSPS) is 12.4. The third kappa shape index (κ3) is 5.30. The van der Waals surface area contributed by atoms with Crippen molar-refractivity contribution in [2.45, 2.75) is 37.2 Å². The molecule has 2 aromatic rings. The van der Waals surface area contributed by atoms with Gasteiger partial charge in [-0.05, 0) is 50.1 Å². The summed E-state index contributed by atoms with van der Waals surface area (Å²) in [5, 5.41) is 0.380. The first kappa shape index (κ1) is 22.3. The Morgan fingerprint density at radius 2 is 1.75 bits per heavy atom. The summed E-state index contributed by atoms with van der Waals surface area (Å²) in [5.74, 6) is -0.487. The topological polar surface area (TPSA) is 52.6 Å². The molecule has 0 fully saturated rings. The van der Waals surface area contributed by atoms with E-state index in [0.29, 0.717) is 16.3 Å². The van der Waals surface area contributed by atoms with Crippen molar-refractivity contribution in [3.05, 3.63) is 64.2 Å². The number of carbonyl (C=O) groups excluding carboxylic acids is 2. The Morgan fingerprint density at radius 1 is 1.11 bits per heavy atom. The highest BCUT2D eigenvalue weighted by Crippen LogP contribution is 2.37. The zero-order valence-electron chi connectivity index (χ0n) is 16.7. The van der Waals surface area contributed by atoms with Crippen LogP contribution >= 0.6 is 23.4 Å². The number of carbonyl (C=O) groups is 2. The highest BCUT2D eigenvalue weighted by atomic mass is 35.5. The first-order chi connectivity index (χ1) is 13.2. The average Bonchev–Trinajstić information content (AvgIpc) is 2.69. The number of rotatable bonds is 8. The Morgan fingerprint density at radius 3 is 2.32 bits per heavy atom. The lowest BCUT2D eigenvalue weighted by Crippen LogP contribution is -2.37. The monoisotopic (exact) mass is 420 g/mol. The van der Waals surface area contributed by atoms with Crippen molar-refractivity contribution < 1.29 is 19.1 Å². The minimum Gasteiger partial charge on any atom is -0.497 e. The van der Waals surface area contributed by atoms with E-state index in [0.717, 1.165) is 16.9 Å². The number of hydrogen-bond donors (Lipinski definition) is 0. The van der Waals surface area contributed by atoms with E-state index in [-0.39, 0.29) is 5.78 Å². The van der Waals surface area contributed by atoms with E-state index in [4.69, 9.17) is 21.1 Å². The largest absolute Gasteiger partial charge is 0.497 e. The van der Waals surface area contributed by atoms with Crippen LogP contribution in [0.15, 0.2) is 42.5 Å². The van der Waals surface area contributed by atoms with E-state index in [1.54, 1.807) is 19.2 Å². The van der Waals surface area contributed by atoms with Gasteiger partial charge in [0.05, 0.1) is 19.0 Å². The Hall–Kier alpha value is -1.98. The quantitative estimate of drug-likeness (QED) is 0.434. The van der Waals surface area contributed by atoms with Crippen LogP contribution in [0.4, 0.5) is 0 Å². The number of thioether (sulfide) groups is 1. The van der Waals surface area contributed by atoms with Crippen LogP contribution < -0.4 is 4.74 Å². The molecule has 0 saturated heterocycles. The zero-order chi connectivity index (χ0) is 20.9. The number of benzene rings is 2. The number of methoxy groups -OCH3 is 2. The molecule has 0 aliphatic heterocycles. The summed E-state index contributed by atoms with van der Waals surface area (Å²) < 4.78 is 9.28. The number of hydrogen-bond acceptors (Lipinski definition) is 5. The predicted octanol–water partition coefficient (Wildman–Crippen LogP) is 5.19. The summed E-state index contributed by atoms with van der Waals surface area (Å²) >= 11 is 7.78. The predicted molar refractivity (Wildman–Crippen MR) is 114 cm³/mol. The van der Waals surface area contributed by atoms with Gasteiger partial charge in [-0.25, -0.2) is 0 Å². The molecule has 0 aliphatic carbocycles. The van der Waals surface area contributed by atoms with Crippen LogP contribution in [0.3, 0.4) is 0 Å². The van der Waals surface area contributed by atoms with Gasteiger partial charge in [-0.15, -0.1) is 11.8 Å². The Labute approximate surface area is 175 Å². The third-order valence-corrected chi connectivity index (χ3v) is 6.26. The third-order valence-electron chi connectivity index (χ3n) is 4.51. The SMILES string of the molecule is COC(=O)C(C(=O)C(C)(C)SCc1ccc(OC)cc1)c1cc(C)ccc1Cl. The van der Waals surface area contributed by atoms with Gasteiger partial charge < -0.3 is 9.47 Å². The highest BCUT2D eigenvalue weighted by molar-refractivity contribution is 8.00. The van der Waals surface area contributed by atoms with Crippen molar-refractivity contribution >= 4 is 35.1 Å². The second kappa shape index (κ2) is 9.48. The maximum absolute atomic E-state index is 13.4. The molecule has 0 spiro atoms. The van der Waals surface area contributed by atoms with Crippen molar-refractivity contribution in [3.8, 4) is 5.75 Å². The molecule has 0 radical (unpaired) electrons. The molecule has 2 aromatic carbocycles. The number of ether oxygens (including phenoxy) is 2. The van der Waals surface area contributed by atoms with Crippen LogP contribution in [0.1, 0.15) is 36.5 Å². The molecule has 4 nitrogen and oxygen atoms in total. The van der Waals surface area contributed by atoms with Gasteiger partial charge in [0, 0.05) is 10.8 Å². The Bertz CT molecular complexity index is 846. The number of esters is 1. The minimum atomic E-state index is -1.06.